The summed E-state index contributed by atoms with van der Waals surface area (Å²) in [4.78, 5) is 0. The van der Waals surface area contributed by atoms with E-state index >= 15 is 0 Å². The largest absolute Gasteiger partial charge is 0.508 e. The third-order valence-electron chi connectivity index (χ3n) is 2.86. The number of hydrogen-bond acceptors (Lipinski definition) is 1. The molecule has 1 nitrogen and oxygen atoms in total. The second-order valence-electron chi connectivity index (χ2n) is 6.14. The number of aryl methyl sites for hydroxylation is 1. The Bertz CT molecular complexity index is 370. The normalized spacial score (nSPS) is 12.2. The molecule has 90 valence electrons. The highest BCUT2D eigenvalue weighted by atomic mass is 16.3. The molecule has 0 heterocycles. The molecule has 1 aromatic rings. The van der Waals surface area contributed by atoms with Gasteiger partial charge in [-0.05, 0) is 47.4 Å². The topological polar surface area (TPSA) is 20.2 Å². The second kappa shape index (κ2) is 4.48. The van der Waals surface area contributed by atoms with Gasteiger partial charge < -0.3 is 5.11 Å². The van der Waals surface area contributed by atoms with Crippen molar-refractivity contribution in [3.05, 3.63) is 28.8 Å². The molecular weight excluding hydrogens is 196 g/mol. The molecule has 1 N–H and O–H groups in total. The molecule has 0 fully saturated rings. The monoisotopic (exact) mass is 220 g/mol. The van der Waals surface area contributed by atoms with Crippen molar-refractivity contribution in [2.75, 3.05) is 0 Å². The highest BCUT2D eigenvalue weighted by Gasteiger charge is 2.19. The zero-order valence-corrected chi connectivity index (χ0v) is 11.4. The lowest BCUT2D eigenvalue weighted by Crippen LogP contribution is -2.15. The van der Waals surface area contributed by atoms with Crippen LogP contribution in [0.1, 0.15) is 51.3 Å². The summed E-state index contributed by atoms with van der Waals surface area (Å²) in [7, 11) is 0. The molecule has 0 saturated carbocycles. The Kier molecular flexibility index (Phi) is 3.67. The maximum Gasteiger partial charge on any atom is 0.118 e. The van der Waals surface area contributed by atoms with Crippen LogP contribution in [0.4, 0.5) is 0 Å². The van der Waals surface area contributed by atoms with E-state index in [0.717, 1.165) is 12.0 Å². The Hall–Kier alpha value is -0.980. The fourth-order valence-corrected chi connectivity index (χ4v) is 2.05. The molecule has 0 aliphatic rings. The van der Waals surface area contributed by atoms with Crippen molar-refractivity contribution in [3.8, 4) is 5.75 Å². The standard InChI is InChI=1S/C15H24O/c1-10(2)7-12-9-14(16)11(3)8-13(12)15(4,5)6/h8-10,16H,7H2,1-6H3. The van der Waals surface area contributed by atoms with E-state index in [2.05, 4.69) is 40.7 Å². The van der Waals surface area contributed by atoms with Gasteiger partial charge in [0.15, 0.2) is 0 Å². The van der Waals surface area contributed by atoms with Crippen molar-refractivity contribution in [2.24, 2.45) is 5.92 Å². The van der Waals surface area contributed by atoms with Crippen LogP contribution in [-0.2, 0) is 11.8 Å². The van der Waals surface area contributed by atoms with Gasteiger partial charge in [0.1, 0.15) is 5.75 Å². The van der Waals surface area contributed by atoms with E-state index in [-0.39, 0.29) is 5.41 Å². The van der Waals surface area contributed by atoms with Crippen LogP contribution in [0.2, 0.25) is 0 Å². The van der Waals surface area contributed by atoms with Crippen molar-refractivity contribution in [1.82, 2.24) is 0 Å². The van der Waals surface area contributed by atoms with Gasteiger partial charge in [-0.3, -0.25) is 0 Å². The SMILES string of the molecule is Cc1cc(C(C)(C)C)c(CC(C)C)cc1O. The highest BCUT2D eigenvalue weighted by molar-refractivity contribution is 5.44. The predicted molar refractivity (Wildman–Crippen MR) is 70.1 cm³/mol. The Morgan fingerprint density at radius 3 is 2.19 bits per heavy atom. The molecule has 0 unspecified atom stereocenters. The summed E-state index contributed by atoms with van der Waals surface area (Å²) in [6.07, 6.45) is 1.03. The van der Waals surface area contributed by atoms with Gasteiger partial charge in [0, 0.05) is 0 Å². The summed E-state index contributed by atoms with van der Waals surface area (Å²) in [5, 5.41) is 9.80. The van der Waals surface area contributed by atoms with Crippen molar-refractivity contribution in [2.45, 2.75) is 53.4 Å². The fraction of sp³-hybridized carbons (Fsp3) is 0.600. The zero-order chi connectivity index (χ0) is 12.5. The van der Waals surface area contributed by atoms with Crippen LogP contribution < -0.4 is 0 Å². The summed E-state index contributed by atoms with van der Waals surface area (Å²) in [5.74, 6) is 1.03. The van der Waals surface area contributed by atoms with E-state index in [1.165, 1.54) is 11.1 Å². The van der Waals surface area contributed by atoms with E-state index in [0.29, 0.717) is 11.7 Å². The minimum absolute atomic E-state index is 0.142. The van der Waals surface area contributed by atoms with Crippen LogP contribution in [0.15, 0.2) is 12.1 Å². The van der Waals surface area contributed by atoms with Gasteiger partial charge in [0.25, 0.3) is 0 Å². The van der Waals surface area contributed by atoms with Gasteiger partial charge in [-0.2, -0.15) is 0 Å². The van der Waals surface area contributed by atoms with E-state index in [1.54, 1.807) is 0 Å². The first-order valence-electron chi connectivity index (χ1n) is 6.04. The van der Waals surface area contributed by atoms with Crippen LogP contribution in [0.3, 0.4) is 0 Å². The quantitative estimate of drug-likeness (QED) is 0.792. The number of phenols is 1. The Morgan fingerprint density at radius 1 is 1.19 bits per heavy atom. The van der Waals surface area contributed by atoms with E-state index in [4.69, 9.17) is 0 Å². The van der Waals surface area contributed by atoms with Crippen LogP contribution in [-0.4, -0.2) is 5.11 Å². The second-order valence-corrected chi connectivity index (χ2v) is 6.14. The maximum atomic E-state index is 9.80. The minimum Gasteiger partial charge on any atom is -0.508 e. The average molecular weight is 220 g/mol. The Labute approximate surface area is 99.5 Å². The molecule has 0 saturated heterocycles. The van der Waals surface area contributed by atoms with E-state index in [9.17, 15) is 5.11 Å². The molecular formula is C15H24O. The van der Waals surface area contributed by atoms with Gasteiger partial charge in [-0.1, -0.05) is 40.7 Å². The van der Waals surface area contributed by atoms with Gasteiger partial charge in [-0.15, -0.1) is 0 Å². The van der Waals surface area contributed by atoms with E-state index < -0.39 is 0 Å². The molecule has 16 heavy (non-hydrogen) atoms. The number of rotatable bonds is 2. The first-order chi connectivity index (χ1) is 7.21. The summed E-state index contributed by atoms with van der Waals surface area (Å²) < 4.78 is 0. The van der Waals surface area contributed by atoms with Crippen molar-refractivity contribution < 1.29 is 5.11 Å². The molecule has 0 atom stereocenters. The molecule has 0 amide bonds. The van der Waals surface area contributed by atoms with Crippen molar-refractivity contribution >= 4 is 0 Å². The summed E-state index contributed by atoms with van der Waals surface area (Å²) in [5.41, 5.74) is 3.75. The fourth-order valence-electron chi connectivity index (χ4n) is 2.05. The number of aromatic hydroxyl groups is 1. The lowest BCUT2D eigenvalue weighted by Gasteiger charge is -2.25. The molecule has 0 radical (unpaired) electrons. The number of phenolic OH excluding ortho intramolecular Hbond substituents is 1. The maximum absolute atomic E-state index is 9.80. The lowest BCUT2D eigenvalue weighted by atomic mass is 9.80. The predicted octanol–water partition coefficient (Wildman–Crippen LogP) is 4.20. The molecule has 1 heteroatoms. The molecule has 0 aliphatic heterocycles. The zero-order valence-electron chi connectivity index (χ0n) is 11.4. The average Bonchev–Trinajstić information content (AvgIpc) is 2.08. The third-order valence-corrected chi connectivity index (χ3v) is 2.86. The Morgan fingerprint density at radius 2 is 1.75 bits per heavy atom. The summed E-state index contributed by atoms with van der Waals surface area (Å²) >= 11 is 0. The van der Waals surface area contributed by atoms with Crippen LogP contribution >= 0.6 is 0 Å². The van der Waals surface area contributed by atoms with Gasteiger partial charge >= 0.3 is 0 Å². The number of benzene rings is 1. The van der Waals surface area contributed by atoms with Crippen LogP contribution in [0.5, 0.6) is 5.75 Å². The van der Waals surface area contributed by atoms with E-state index in [1.807, 2.05) is 13.0 Å². The number of hydrogen-bond donors (Lipinski definition) is 1. The first-order valence-corrected chi connectivity index (χ1v) is 6.04. The smallest absolute Gasteiger partial charge is 0.118 e. The van der Waals surface area contributed by atoms with Gasteiger partial charge in [-0.25, -0.2) is 0 Å². The van der Waals surface area contributed by atoms with Gasteiger partial charge in [0.2, 0.25) is 0 Å². The first kappa shape index (κ1) is 13.1. The molecule has 0 aromatic heterocycles. The van der Waals surface area contributed by atoms with Crippen molar-refractivity contribution in [1.29, 1.82) is 0 Å². The Balaban J connectivity index is 3.28. The molecule has 0 aliphatic carbocycles. The van der Waals surface area contributed by atoms with Gasteiger partial charge in [0.05, 0.1) is 0 Å². The molecule has 0 bridgehead atoms. The lowest BCUT2D eigenvalue weighted by molar-refractivity contribution is 0.467. The highest BCUT2D eigenvalue weighted by Crippen LogP contribution is 2.32. The third kappa shape index (κ3) is 3.01. The van der Waals surface area contributed by atoms with Crippen LogP contribution in [0.25, 0.3) is 0 Å². The summed E-state index contributed by atoms with van der Waals surface area (Å²) in [6, 6.07) is 4.07. The molecule has 1 aromatic carbocycles. The van der Waals surface area contributed by atoms with Crippen LogP contribution in [0, 0.1) is 12.8 Å². The summed E-state index contributed by atoms with van der Waals surface area (Å²) in [6.45, 7) is 13.1. The minimum atomic E-state index is 0.142. The van der Waals surface area contributed by atoms with Crippen molar-refractivity contribution in [3.63, 3.8) is 0 Å². The molecule has 1 rings (SSSR count). The molecule has 0 spiro atoms.